The van der Waals surface area contributed by atoms with Crippen LogP contribution in [0.15, 0.2) is 42.5 Å². The van der Waals surface area contributed by atoms with Gasteiger partial charge >= 0.3 is 0 Å². The standard InChI is InChI=1S/C21H27N3O3/c1-16-6-4-5-7-18(16)24-12-10-23(11-13-24)15-21(25)22-17-8-9-19(26-2)20(14-17)27-3/h4-9,14H,10-13,15H2,1-3H3,(H,22,25)/p+1. The van der Waals surface area contributed by atoms with Gasteiger partial charge in [0.2, 0.25) is 0 Å². The lowest BCUT2D eigenvalue weighted by molar-refractivity contribution is -0.892. The molecule has 144 valence electrons. The molecule has 1 amide bonds. The van der Waals surface area contributed by atoms with Gasteiger partial charge in [0.15, 0.2) is 18.0 Å². The van der Waals surface area contributed by atoms with E-state index in [0.717, 1.165) is 31.9 Å². The van der Waals surface area contributed by atoms with Crippen molar-refractivity contribution >= 4 is 17.3 Å². The molecule has 0 unspecified atom stereocenters. The maximum atomic E-state index is 12.4. The van der Waals surface area contributed by atoms with Gasteiger partial charge < -0.3 is 24.6 Å². The zero-order valence-electron chi connectivity index (χ0n) is 16.2. The van der Waals surface area contributed by atoms with Crippen molar-refractivity contribution in [2.75, 3.05) is 57.2 Å². The number of hydrogen-bond acceptors (Lipinski definition) is 4. The molecule has 1 aliphatic heterocycles. The normalized spacial score (nSPS) is 14.7. The Morgan fingerprint density at radius 2 is 1.78 bits per heavy atom. The van der Waals surface area contributed by atoms with Crippen molar-refractivity contribution < 1.29 is 19.2 Å². The van der Waals surface area contributed by atoms with E-state index in [1.54, 1.807) is 26.4 Å². The Hall–Kier alpha value is -2.73. The van der Waals surface area contributed by atoms with E-state index in [9.17, 15) is 4.79 Å². The molecule has 2 aromatic carbocycles. The smallest absolute Gasteiger partial charge is 0.279 e. The molecular formula is C21H28N3O3+. The molecule has 0 radical (unpaired) electrons. The third-order valence-corrected chi connectivity index (χ3v) is 5.00. The van der Waals surface area contributed by atoms with E-state index in [1.165, 1.54) is 16.2 Å². The molecule has 2 N–H and O–H groups in total. The Balaban J connectivity index is 1.52. The van der Waals surface area contributed by atoms with Gasteiger partial charge in [-0.25, -0.2) is 0 Å². The van der Waals surface area contributed by atoms with Gasteiger partial charge in [-0.1, -0.05) is 18.2 Å². The molecule has 6 heteroatoms. The lowest BCUT2D eigenvalue weighted by Crippen LogP contribution is -3.15. The first-order valence-corrected chi connectivity index (χ1v) is 9.26. The lowest BCUT2D eigenvalue weighted by atomic mass is 10.1. The maximum absolute atomic E-state index is 12.4. The van der Waals surface area contributed by atoms with E-state index in [0.29, 0.717) is 18.0 Å². The van der Waals surface area contributed by atoms with Gasteiger partial charge in [-0.2, -0.15) is 0 Å². The number of para-hydroxylation sites is 1. The highest BCUT2D eigenvalue weighted by Gasteiger charge is 2.23. The summed E-state index contributed by atoms with van der Waals surface area (Å²) in [6, 6.07) is 13.9. The SMILES string of the molecule is COc1ccc(NC(=O)C[NH+]2CCN(c3ccccc3C)CC2)cc1OC. The quantitative estimate of drug-likeness (QED) is 0.806. The van der Waals surface area contributed by atoms with Gasteiger partial charge in [0, 0.05) is 17.4 Å². The largest absolute Gasteiger partial charge is 0.493 e. The van der Waals surface area contributed by atoms with Crippen molar-refractivity contribution in [2.24, 2.45) is 0 Å². The van der Waals surface area contributed by atoms with E-state index < -0.39 is 0 Å². The first-order chi connectivity index (χ1) is 13.1. The number of hydrogen-bond donors (Lipinski definition) is 2. The number of carbonyl (C=O) groups is 1. The van der Waals surface area contributed by atoms with Crippen LogP contribution in [0.3, 0.4) is 0 Å². The Labute approximate surface area is 160 Å². The Bertz CT molecular complexity index is 786. The van der Waals surface area contributed by atoms with Crippen LogP contribution in [-0.2, 0) is 4.79 Å². The summed E-state index contributed by atoms with van der Waals surface area (Å²) in [4.78, 5) is 16.1. The van der Waals surface area contributed by atoms with Gasteiger partial charge in [-0.05, 0) is 30.7 Å². The van der Waals surface area contributed by atoms with E-state index in [4.69, 9.17) is 9.47 Å². The molecule has 0 saturated carbocycles. The number of carbonyl (C=O) groups excluding carboxylic acids is 1. The third-order valence-electron chi connectivity index (χ3n) is 5.00. The number of quaternary nitrogens is 1. The summed E-state index contributed by atoms with van der Waals surface area (Å²) in [5, 5.41) is 2.96. The molecule has 0 aliphatic carbocycles. The monoisotopic (exact) mass is 370 g/mol. The van der Waals surface area contributed by atoms with Gasteiger partial charge in [0.1, 0.15) is 0 Å². The maximum Gasteiger partial charge on any atom is 0.279 e. The highest BCUT2D eigenvalue weighted by atomic mass is 16.5. The molecule has 6 nitrogen and oxygen atoms in total. The topological polar surface area (TPSA) is 55.2 Å². The number of benzene rings is 2. The zero-order valence-corrected chi connectivity index (χ0v) is 16.2. The Morgan fingerprint density at radius 1 is 1.07 bits per heavy atom. The number of rotatable bonds is 6. The first-order valence-electron chi connectivity index (χ1n) is 9.26. The van der Waals surface area contributed by atoms with Crippen LogP contribution in [0.5, 0.6) is 11.5 Å². The molecule has 1 fully saturated rings. The molecule has 0 aromatic heterocycles. The first kappa shape index (κ1) is 19.0. The third kappa shape index (κ3) is 4.71. The van der Waals surface area contributed by atoms with Crippen molar-refractivity contribution in [3.05, 3.63) is 48.0 Å². The molecule has 1 aliphatic rings. The Kier molecular flexibility index (Phi) is 6.19. The van der Waals surface area contributed by atoms with Crippen molar-refractivity contribution in [2.45, 2.75) is 6.92 Å². The number of nitrogens with one attached hydrogen (secondary N) is 2. The summed E-state index contributed by atoms with van der Waals surface area (Å²) in [5.41, 5.74) is 3.31. The summed E-state index contributed by atoms with van der Waals surface area (Å²) in [6.45, 7) is 6.44. The fourth-order valence-corrected chi connectivity index (χ4v) is 3.51. The highest BCUT2D eigenvalue weighted by Crippen LogP contribution is 2.29. The minimum absolute atomic E-state index is 0.0153. The molecule has 0 bridgehead atoms. The Morgan fingerprint density at radius 3 is 2.44 bits per heavy atom. The van der Waals surface area contributed by atoms with E-state index in [2.05, 4.69) is 41.4 Å². The van der Waals surface area contributed by atoms with Crippen LogP contribution >= 0.6 is 0 Å². The minimum Gasteiger partial charge on any atom is -0.493 e. The summed E-state index contributed by atoms with van der Waals surface area (Å²) >= 11 is 0. The van der Waals surface area contributed by atoms with Crippen molar-refractivity contribution in [3.8, 4) is 11.5 Å². The van der Waals surface area contributed by atoms with E-state index in [-0.39, 0.29) is 5.91 Å². The number of piperazine rings is 1. The molecule has 1 saturated heterocycles. The molecule has 27 heavy (non-hydrogen) atoms. The predicted octanol–water partition coefficient (Wildman–Crippen LogP) is 1.36. The van der Waals surface area contributed by atoms with Gasteiger partial charge in [-0.15, -0.1) is 0 Å². The van der Waals surface area contributed by atoms with Gasteiger partial charge in [0.25, 0.3) is 5.91 Å². The van der Waals surface area contributed by atoms with Crippen LogP contribution in [0.1, 0.15) is 5.56 Å². The summed E-state index contributed by atoms with van der Waals surface area (Å²) in [5.74, 6) is 1.27. The van der Waals surface area contributed by atoms with Gasteiger partial charge in [-0.3, -0.25) is 4.79 Å². The summed E-state index contributed by atoms with van der Waals surface area (Å²) < 4.78 is 10.5. The van der Waals surface area contributed by atoms with Crippen LogP contribution < -0.4 is 24.6 Å². The second-order valence-electron chi connectivity index (χ2n) is 6.82. The molecule has 0 spiro atoms. The number of amides is 1. The van der Waals surface area contributed by atoms with Crippen molar-refractivity contribution in [3.63, 3.8) is 0 Å². The molecule has 1 heterocycles. The number of anilines is 2. The van der Waals surface area contributed by atoms with Crippen LogP contribution in [0.2, 0.25) is 0 Å². The molecule has 3 rings (SSSR count). The van der Waals surface area contributed by atoms with Crippen LogP contribution in [-0.4, -0.2) is 52.9 Å². The summed E-state index contributed by atoms with van der Waals surface area (Å²) in [7, 11) is 3.18. The van der Waals surface area contributed by atoms with E-state index >= 15 is 0 Å². The second kappa shape index (κ2) is 8.77. The van der Waals surface area contributed by atoms with Crippen molar-refractivity contribution in [1.29, 1.82) is 0 Å². The second-order valence-corrected chi connectivity index (χ2v) is 6.82. The zero-order chi connectivity index (χ0) is 19.2. The van der Waals surface area contributed by atoms with Gasteiger partial charge in [0.05, 0.1) is 40.4 Å². The molecule has 0 atom stereocenters. The lowest BCUT2D eigenvalue weighted by Gasteiger charge is -2.34. The number of ether oxygens (including phenoxy) is 2. The molecule has 2 aromatic rings. The number of aryl methyl sites for hydroxylation is 1. The fourth-order valence-electron chi connectivity index (χ4n) is 3.51. The minimum atomic E-state index is 0.0153. The number of nitrogens with zero attached hydrogens (tertiary/aromatic N) is 1. The number of methoxy groups -OCH3 is 2. The summed E-state index contributed by atoms with van der Waals surface area (Å²) in [6.07, 6.45) is 0. The molecular weight excluding hydrogens is 342 g/mol. The average Bonchev–Trinajstić information content (AvgIpc) is 2.69. The van der Waals surface area contributed by atoms with E-state index in [1.807, 2.05) is 6.07 Å². The highest BCUT2D eigenvalue weighted by molar-refractivity contribution is 5.91. The van der Waals surface area contributed by atoms with Crippen LogP contribution in [0.4, 0.5) is 11.4 Å². The average molecular weight is 370 g/mol. The predicted molar refractivity (Wildman–Crippen MR) is 107 cm³/mol. The van der Waals surface area contributed by atoms with Crippen LogP contribution in [0, 0.1) is 6.92 Å². The fraction of sp³-hybridized carbons (Fsp3) is 0.381. The van der Waals surface area contributed by atoms with Crippen LogP contribution in [0.25, 0.3) is 0 Å². The van der Waals surface area contributed by atoms with Crippen molar-refractivity contribution in [1.82, 2.24) is 0 Å².